The van der Waals surface area contributed by atoms with E-state index in [2.05, 4.69) is 15.4 Å². The molecule has 1 amide bonds. The van der Waals surface area contributed by atoms with Gasteiger partial charge in [-0.1, -0.05) is 11.2 Å². The Morgan fingerprint density at radius 3 is 1.96 bits per heavy atom. The fourth-order valence-electron chi connectivity index (χ4n) is 5.42. The Bertz CT molecular complexity index is 1480. The number of hydrogen-bond acceptors (Lipinski definition) is 7. The van der Waals surface area contributed by atoms with Gasteiger partial charge in [-0.05, 0) is 71.0 Å². The Balaban J connectivity index is 1.77. The first-order chi connectivity index (χ1) is 21.4. The third kappa shape index (κ3) is 8.19. The molecule has 0 spiro atoms. The summed E-state index contributed by atoms with van der Waals surface area (Å²) in [5.41, 5.74) is -4.26. The van der Waals surface area contributed by atoms with E-state index in [9.17, 15) is 44.3 Å². The molecule has 46 heavy (non-hydrogen) atoms. The van der Waals surface area contributed by atoms with E-state index in [1.807, 2.05) is 0 Å². The zero-order valence-electron chi connectivity index (χ0n) is 24.7. The summed E-state index contributed by atoms with van der Waals surface area (Å²) in [5, 5.41) is 11.5. The second-order valence-corrected chi connectivity index (χ2v) is 10.7. The number of halogens is 9. The summed E-state index contributed by atoms with van der Waals surface area (Å²) < 4.78 is 134. The van der Waals surface area contributed by atoms with Gasteiger partial charge in [0.1, 0.15) is 0 Å². The minimum Gasteiger partial charge on any atom is -0.453 e. The van der Waals surface area contributed by atoms with E-state index in [-0.39, 0.29) is 23.5 Å². The van der Waals surface area contributed by atoms with E-state index in [0.717, 1.165) is 21.8 Å². The maximum atomic E-state index is 13.9. The lowest BCUT2D eigenvalue weighted by Gasteiger charge is -2.36. The van der Waals surface area contributed by atoms with Gasteiger partial charge < -0.3 is 19.3 Å². The zero-order valence-corrected chi connectivity index (χ0v) is 24.7. The number of alkyl halides is 9. The summed E-state index contributed by atoms with van der Waals surface area (Å²) >= 11 is 0. The Morgan fingerprint density at radius 1 is 0.891 bits per heavy atom. The van der Waals surface area contributed by atoms with Gasteiger partial charge in [0, 0.05) is 33.3 Å². The molecular weight excluding hydrogens is 639 g/mol. The average molecular weight is 669 g/mol. The smallest absolute Gasteiger partial charge is 0.416 e. The fraction of sp³-hybridized carbons (Fsp3) is 0.500. The molecule has 1 aliphatic heterocycles. The van der Waals surface area contributed by atoms with Crippen molar-refractivity contribution < 1.29 is 53.8 Å². The molecule has 2 aromatic carbocycles. The molecule has 9 nitrogen and oxygen atoms in total. The van der Waals surface area contributed by atoms with Gasteiger partial charge in [-0.25, -0.2) is 4.79 Å². The number of aryl methyl sites for hydroxylation is 1. The molecule has 4 rings (SSSR count). The quantitative estimate of drug-likeness (QED) is 0.249. The number of amides is 1. The number of ether oxygens (including phenoxy) is 2. The van der Waals surface area contributed by atoms with Crippen LogP contribution in [-0.2, 0) is 48.1 Å². The number of piperidine rings is 1. The summed E-state index contributed by atoms with van der Waals surface area (Å²) in [4.78, 5) is 15.5. The summed E-state index contributed by atoms with van der Waals surface area (Å²) in [6, 6.07) is 3.97. The second kappa shape index (κ2) is 13.3. The van der Waals surface area contributed by atoms with Gasteiger partial charge in [0.05, 0.1) is 37.0 Å². The van der Waals surface area contributed by atoms with Crippen LogP contribution in [0, 0.1) is 5.92 Å². The molecule has 1 aromatic heterocycles. The number of tetrazole rings is 1. The molecule has 1 atom stereocenters. The predicted octanol–water partition coefficient (Wildman–Crippen LogP) is 6.64. The highest BCUT2D eigenvalue weighted by Gasteiger charge is 2.38. The Labute approximate surface area is 256 Å². The van der Waals surface area contributed by atoms with E-state index >= 15 is 0 Å². The zero-order chi connectivity index (χ0) is 34.0. The number of carbonyl (C=O) groups is 1. The van der Waals surface area contributed by atoms with E-state index in [0.29, 0.717) is 43.6 Å². The largest absolute Gasteiger partial charge is 0.453 e. The third-order valence-corrected chi connectivity index (χ3v) is 7.59. The van der Waals surface area contributed by atoms with E-state index in [1.54, 1.807) is 0 Å². The van der Waals surface area contributed by atoms with Gasteiger partial charge >= 0.3 is 24.6 Å². The Kier molecular flexibility index (Phi) is 10.1. The van der Waals surface area contributed by atoms with Gasteiger partial charge in [-0.2, -0.15) is 44.3 Å². The molecule has 252 valence electrons. The van der Waals surface area contributed by atoms with Crippen molar-refractivity contribution in [2.24, 2.45) is 13.0 Å². The predicted molar refractivity (Wildman–Crippen MR) is 143 cm³/mol. The minimum absolute atomic E-state index is 0.0198. The molecule has 3 aromatic rings. The first-order valence-electron chi connectivity index (χ1n) is 13.7. The maximum Gasteiger partial charge on any atom is 0.416 e. The van der Waals surface area contributed by atoms with Crippen LogP contribution in [0.2, 0.25) is 0 Å². The van der Waals surface area contributed by atoms with Crippen LogP contribution in [0.3, 0.4) is 0 Å². The Morgan fingerprint density at radius 2 is 1.48 bits per heavy atom. The molecule has 0 N–H and O–H groups in total. The lowest BCUT2D eigenvalue weighted by molar-refractivity contribution is -0.143. The first-order valence-corrected chi connectivity index (χ1v) is 13.7. The molecule has 0 radical (unpaired) electrons. The number of hydrogen-bond donors (Lipinski definition) is 0. The summed E-state index contributed by atoms with van der Waals surface area (Å²) in [5.74, 6) is -0.514. The van der Waals surface area contributed by atoms with Crippen molar-refractivity contribution in [1.29, 1.82) is 0 Å². The van der Waals surface area contributed by atoms with Gasteiger partial charge in [0.15, 0.2) is 0 Å². The van der Waals surface area contributed by atoms with Gasteiger partial charge in [-0.15, -0.1) is 5.10 Å². The molecular formula is C28H29F9N6O3. The summed E-state index contributed by atoms with van der Waals surface area (Å²) in [7, 11) is 3.96. The first kappa shape index (κ1) is 34.8. The number of likely N-dealkylation sites (tertiary alicyclic amines) is 1. The van der Waals surface area contributed by atoms with Crippen LogP contribution in [-0.4, -0.2) is 58.5 Å². The molecule has 0 saturated carbocycles. The second-order valence-electron chi connectivity index (χ2n) is 10.7. The topological polar surface area (TPSA) is 85.6 Å². The highest BCUT2D eigenvalue weighted by Crippen LogP contribution is 2.40. The van der Waals surface area contributed by atoms with Gasteiger partial charge in [0.2, 0.25) is 0 Å². The van der Waals surface area contributed by atoms with Gasteiger partial charge in [0.25, 0.3) is 5.95 Å². The van der Waals surface area contributed by atoms with Crippen molar-refractivity contribution in [2.75, 3.05) is 32.2 Å². The number of rotatable bonds is 8. The molecule has 1 fully saturated rings. The normalized spacial score (nSPS) is 15.6. The van der Waals surface area contributed by atoms with E-state index in [1.165, 1.54) is 32.2 Å². The van der Waals surface area contributed by atoms with Crippen molar-refractivity contribution in [3.8, 4) is 0 Å². The van der Waals surface area contributed by atoms with Crippen LogP contribution in [0.5, 0.6) is 0 Å². The van der Waals surface area contributed by atoms with Crippen molar-refractivity contribution in [2.45, 2.75) is 50.6 Å². The average Bonchev–Trinajstić information content (AvgIpc) is 3.42. The molecule has 0 aliphatic carbocycles. The van der Waals surface area contributed by atoms with Crippen LogP contribution in [0.15, 0.2) is 36.4 Å². The maximum absolute atomic E-state index is 13.9. The van der Waals surface area contributed by atoms with Crippen LogP contribution in [0.4, 0.5) is 50.3 Å². The number of carbonyl (C=O) groups excluding carboxylic acids is 1. The highest BCUT2D eigenvalue weighted by atomic mass is 19.4. The molecule has 2 heterocycles. The monoisotopic (exact) mass is 668 g/mol. The minimum atomic E-state index is -5.12. The molecule has 18 heteroatoms. The van der Waals surface area contributed by atoms with Crippen molar-refractivity contribution in [1.82, 2.24) is 25.1 Å². The van der Waals surface area contributed by atoms with E-state index < -0.39 is 66.1 Å². The Hall–Kier alpha value is -4.09. The molecule has 1 saturated heterocycles. The van der Waals surface area contributed by atoms with Crippen LogP contribution >= 0.6 is 0 Å². The summed E-state index contributed by atoms with van der Waals surface area (Å²) in [6.45, 7) is -0.535. The van der Waals surface area contributed by atoms with Crippen LogP contribution < -0.4 is 4.90 Å². The lowest BCUT2D eigenvalue weighted by Crippen LogP contribution is -2.40. The van der Waals surface area contributed by atoms with Crippen LogP contribution in [0.25, 0.3) is 0 Å². The number of aromatic nitrogens is 4. The lowest BCUT2D eigenvalue weighted by atomic mass is 9.85. The fourth-order valence-corrected chi connectivity index (χ4v) is 5.42. The number of methoxy groups -OCH3 is 2. The SMILES string of the molecule is COC(=O)N1CCC(C(OC)c2ccc(C(F)(F)F)cc2CN(Cc2cc(C(F)(F)F)cc(C(F)(F)F)c2)c2nnn(C)n2)CC1. The van der Waals surface area contributed by atoms with Crippen molar-refractivity contribution in [3.05, 3.63) is 69.8 Å². The van der Waals surface area contributed by atoms with Crippen molar-refractivity contribution in [3.63, 3.8) is 0 Å². The standard InChI is InChI=1S/C28H29F9N6O3/c1-41-39-24(38-40-41)43(14-16-10-20(27(32,33)34)13-21(11-16)28(35,36)37)15-18-12-19(26(29,30)31)4-5-22(18)23(45-2)17-6-8-42(9-7-17)25(44)46-3/h4-5,10-13,17,23H,6-9,14-15H2,1-3H3. The number of nitrogens with zero attached hydrogens (tertiary/aromatic N) is 6. The van der Waals surface area contributed by atoms with Gasteiger partial charge in [-0.3, -0.25) is 0 Å². The third-order valence-electron chi connectivity index (χ3n) is 7.59. The number of benzene rings is 2. The highest BCUT2D eigenvalue weighted by molar-refractivity contribution is 5.67. The van der Waals surface area contributed by atoms with Crippen molar-refractivity contribution >= 4 is 12.0 Å². The number of anilines is 1. The molecule has 0 bridgehead atoms. The molecule has 1 aliphatic rings. The molecule has 1 unspecified atom stereocenters. The van der Waals surface area contributed by atoms with Crippen LogP contribution in [0.1, 0.15) is 52.3 Å². The summed E-state index contributed by atoms with van der Waals surface area (Å²) in [6.07, 6.45) is -15.5. The van der Waals surface area contributed by atoms with E-state index in [4.69, 9.17) is 9.47 Å².